The van der Waals surface area contributed by atoms with Gasteiger partial charge in [-0.25, -0.2) is 13.8 Å². The first-order chi connectivity index (χ1) is 16.7. The molecule has 0 saturated carbocycles. The molecule has 9 heteroatoms. The van der Waals surface area contributed by atoms with Crippen molar-refractivity contribution in [2.45, 2.75) is 32.3 Å². The maximum Gasteiger partial charge on any atom is 0.322 e. The van der Waals surface area contributed by atoms with Gasteiger partial charge in [-0.05, 0) is 29.5 Å². The number of hydrogen-bond acceptors (Lipinski definition) is 5. The first kappa shape index (κ1) is 26.2. The third-order valence-corrected chi connectivity index (χ3v) is 5.87. The van der Waals surface area contributed by atoms with Crippen LogP contribution in [0.25, 0.3) is 22.4 Å². The number of aliphatic hydroxyl groups is 1. The lowest BCUT2D eigenvalue weighted by molar-refractivity contribution is -0.138. The van der Waals surface area contributed by atoms with Crippen LogP contribution in [0.15, 0.2) is 54.6 Å². The molecule has 0 aliphatic carbocycles. The Bertz CT molecular complexity index is 1290. The van der Waals surface area contributed by atoms with Crippen LogP contribution in [0.1, 0.15) is 37.4 Å². The molecule has 6 nitrogen and oxygen atoms in total. The molecule has 0 saturated heterocycles. The lowest BCUT2D eigenvalue weighted by Crippen LogP contribution is -2.16. The normalized spacial score (nSPS) is 12.5. The van der Waals surface area contributed by atoms with Gasteiger partial charge in [-0.2, -0.15) is 0 Å². The van der Waals surface area contributed by atoms with E-state index in [1.54, 1.807) is 30.3 Å². The first-order valence-corrected chi connectivity index (χ1v) is 12.4. The van der Waals surface area contributed by atoms with E-state index in [2.05, 4.69) is 17.0 Å². The number of pyridine rings is 1. The van der Waals surface area contributed by atoms with Crippen LogP contribution in [0.2, 0.25) is 0 Å². The van der Waals surface area contributed by atoms with Crippen molar-refractivity contribution >= 4 is 14.0 Å². The van der Waals surface area contributed by atoms with Gasteiger partial charge in [-0.3, -0.25) is 9.36 Å². The third-order valence-electron chi connectivity index (χ3n) is 5.05. The summed E-state index contributed by atoms with van der Waals surface area (Å²) in [6.45, 7) is 3.71. The summed E-state index contributed by atoms with van der Waals surface area (Å²) in [5.74, 6) is 0.420. The molecule has 0 bridgehead atoms. The molecular weight excluding hydrogens is 475 g/mol. The summed E-state index contributed by atoms with van der Waals surface area (Å²) in [6.07, 6.45) is -0.0578. The molecule has 3 aromatic rings. The van der Waals surface area contributed by atoms with Crippen LogP contribution in [0.5, 0.6) is 0 Å². The maximum absolute atomic E-state index is 15.9. The zero-order valence-corrected chi connectivity index (χ0v) is 20.1. The largest absolute Gasteiger partial charge is 0.392 e. The van der Waals surface area contributed by atoms with Crippen molar-refractivity contribution < 1.29 is 32.9 Å². The minimum absolute atomic E-state index is 0.0880. The zero-order chi connectivity index (χ0) is 25.5. The van der Waals surface area contributed by atoms with Gasteiger partial charge in [0.25, 0.3) is 0 Å². The number of carbonyl (C=O) groups is 1. The zero-order valence-electron chi connectivity index (χ0n) is 19.1. The second-order valence-corrected chi connectivity index (χ2v) is 9.29. The van der Waals surface area contributed by atoms with Crippen LogP contribution in [-0.2, 0) is 14.1 Å². The number of halogens is 2. The average Bonchev–Trinajstić information content (AvgIpc) is 2.80. The van der Waals surface area contributed by atoms with Gasteiger partial charge < -0.3 is 14.7 Å². The van der Waals surface area contributed by atoms with Crippen molar-refractivity contribution in [2.24, 2.45) is 0 Å². The van der Waals surface area contributed by atoms with Crippen LogP contribution in [0.4, 0.5) is 8.78 Å². The van der Waals surface area contributed by atoms with Gasteiger partial charge in [0.1, 0.15) is 17.6 Å². The van der Waals surface area contributed by atoms with E-state index in [9.17, 15) is 18.9 Å². The van der Waals surface area contributed by atoms with Gasteiger partial charge in [0.2, 0.25) is 0 Å². The molecular formula is C26H24F2NO5P. The highest BCUT2D eigenvalue weighted by Crippen LogP contribution is 2.36. The Labute approximate surface area is 202 Å². The quantitative estimate of drug-likeness (QED) is 0.273. The fourth-order valence-corrected chi connectivity index (χ4v) is 3.99. The van der Waals surface area contributed by atoms with Crippen molar-refractivity contribution in [3.05, 3.63) is 77.5 Å². The summed E-state index contributed by atoms with van der Waals surface area (Å²) in [5, 5.41) is 9.64. The molecule has 0 spiro atoms. The minimum Gasteiger partial charge on any atom is -0.392 e. The summed E-state index contributed by atoms with van der Waals surface area (Å²) < 4.78 is 45.2. The Morgan fingerprint density at radius 2 is 1.74 bits per heavy atom. The molecule has 1 aromatic heterocycles. The molecule has 2 N–H and O–H groups in total. The fraction of sp³-hybridized carbons (Fsp3) is 0.231. The highest BCUT2D eigenvalue weighted by Gasteiger charge is 2.23. The summed E-state index contributed by atoms with van der Waals surface area (Å²) in [6, 6.07) is 14.0. The molecule has 35 heavy (non-hydrogen) atoms. The predicted molar refractivity (Wildman–Crippen MR) is 129 cm³/mol. The molecule has 1 heterocycles. The molecule has 2 unspecified atom stereocenters. The highest BCUT2D eigenvalue weighted by atomic mass is 31.1. The Balaban J connectivity index is 2.10. The topological polar surface area (TPSA) is 96.7 Å². The second-order valence-electron chi connectivity index (χ2n) is 8.09. The van der Waals surface area contributed by atoms with Crippen LogP contribution in [0, 0.1) is 23.7 Å². The predicted octanol–water partition coefficient (Wildman–Crippen LogP) is 4.89. The van der Waals surface area contributed by atoms with Gasteiger partial charge in [0.05, 0.1) is 23.8 Å². The van der Waals surface area contributed by atoms with E-state index in [4.69, 9.17) is 9.63 Å². The van der Waals surface area contributed by atoms with Gasteiger partial charge in [-0.1, -0.05) is 56.3 Å². The number of aliphatic hydroxyl groups excluding tert-OH is 1. The average molecular weight is 499 g/mol. The van der Waals surface area contributed by atoms with Crippen molar-refractivity contribution in [2.75, 3.05) is 6.16 Å². The number of esters is 1. The smallest absolute Gasteiger partial charge is 0.322 e. The van der Waals surface area contributed by atoms with E-state index in [0.29, 0.717) is 16.8 Å². The van der Waals surface area contributed by atoms with Gasteiger partial charge >= 0.3 is 5.97 Å². The van der Waals surface area contributed by atoms with Crippen LogP contribution in [0.3, 0.4) is 0 Å². The van der Waals surface area contributed by atoms with E-state index >= 15 is 4.39 Å². The van der Waals surface area contributed by atoms with Gasteiger partial charge in [0.15, 0.2) is 13.8 Å². The number of nitrogens with zero attached hydrogens (tertiary/aromatic N) is 1. The minimum atomic E-state index is -2.95. The van der Waals surface area contributed by atoms with E-state index < -0.39 is 44.3 Å². The van der Waals surface area contributed by atoms with Crippen molar-refractivity contribution in [1.29, 1.82) is 0 Å². The highest BCUT2D eigenvalue weighted by molar-refractivity contribution is 7.38. The Hall–Kier alpha value is -3.37. The van der Waals surface area contributed by atoms with Crippen LogP contribution >= 0.6 is 8.03 Å². The number of benzene rings is 2. The summed E-state index contributed by atoms with van der Waals surface area (Å²) in [5.41, 5.74) is 1.75. The van der Waals surface area contributed by atoms with E-state index in [1.165, 1.54) is 24.3 Å². The number of rotatable bonds is 7. The van der Waals surface area contributed by atoms with Gasteiger partial charge in [0, 0.05) is 17.3 Å². The van der Waals surface area contributed by atoms with E-state index in [1.807, 2.05) is 13.8 Å². The summed E-state index contributed by atoms with van der Waals surface area (Å²) >= 11 is 0. The molecule has 3 rings (SSSR count). The van der Waals surface area contributed by atoms with Crippen LogP contribution < -0.4 is 0 Å². The van der Waals surface area contributed by atoms with Gasteiger partial charge in [-0.15, -0.1) is 0 Å². The Morgan fingerprint density at radius 3 is 2.34 bits per heavy atom. The molecule has 0 aliphatic rings. The lowest BCUT2D eigenvalue weighted by Gasteiger charge is -2.17. The molecule has 0 aliphatic heterocycles. The lowest BCUT2D eigenvalue weighted by atomic mass is 9.92. The first-order valence-electron chi connectivity index (χ1n) is 10.8. The second kappa shape index (κ2) is 11.9. The van der Waals surface area contributed by atoms with Crippen molar-refractivity contribution in [3.63, 3.8) is 0 Å². The number of carbonyl (C=O) groups excluding carboxylic acids is 1. The number of ether oxygens (including phenoxy) is 1. The monoisotopic (exact) mass is 499 g/mol. The summed E-state index contributed by atoms with van der Waals surface area (Å²) in [7, 11) is -2.95. The molecule has 2 atom stereocenters. The molecule has 2 aromatic carbocycles. The third kappa shape index (κ3) is 6.83. The fourth-order valence-electron chi connectivity index (χ4n) is 3.44. The van der Waals surface area contributed by atoms with E-state index in [0.717, 1.165) is 0 Å². The molecule has 0 radical (unpaired) electrons. The maximum atomic E-state index is 15.9. The van der Waals surface area contributed by atoms with Crippen molar-refractivity contribution in [3.8, 4) is 34.4 Å². The standard InChI is InChI=1S/C26H24F2NO5P/c1-16(2)25-21(12-13-34-22(31)14-20(30)15-35(32)33)23(17-8-10-19(27)11-9-17)24(28)26(29-25)18-6-4-3-5-7-18/h3-11,16,20,30,35H,14-15H2,1-2H3,(H,32,33). The SMILES string of the molecule is CC(C)c1nc(-c2ccccc2)c(F)c(-c2ccc(F)cc2)c1C#COC(=O)CC(O)C[PH](=O)O. The summed E-state index contributed by atoms with van der Waals surface area (Å²) in [4.78, 5) is 25.4. The van der Waals surface area contributed by atoms with E-state index in [-0.39, 0.29) is 22.7 Å². The molecule has 182 valence electrons. The van der Waals surface area contributed by atoms with Crippen LogP contribution in [-0.4, -0.2) is 33.2 Å². The molecule has 0 amide bonds. The Morgan fingerprint density at radius 1 is 1.09 bits per heavy atom. The Kier molecular flexibility index (Phi) is 8.89. The number of hydrogen-bond donors (Lipinski definition) is 2. The van der Waals surface area contributed by atoms with Crippen molar-refractivity contribution in [1.82, 2.24) is 4.98 Å². The molecule has 0 fully saturated rings. The number of aromatic nitrogens is 1.